The number of carbonyl (C=O) groups is 1. The number of anilines is 1. The molecule has 1 N–H and O–H groups in total. The number of rotatable bonds is 6. The average Bonchev–Trinajstić information content (AvgIpc) is 3.21. The zero-order valence-corrected chi connectivity index (χ0v) is 15.5. The van der Waals surface area contributed by atoms with E-state index in [1.54, 1.807) is 53.6 Å². The van der Waals surface area contributed by atoms with Crippen molar-refractivity contribution in [2.45, 2.75) is 0 Å². The van der Waals surface area contributed by atoms with Gasteiger partial charge in [-0.05, 0) is 42.0 Å². The van der Waals surface area contributed by atoms with Crippen LogP contribution in [0.1, 0.15) is 5.56 Å². The third kappa shape index (κ3) is 4.45. The Morgan fingerprint density at radius 3 is 2.74 bits per heavy atom. The number of nitrogens with zero attached hydrogens (tertiary/aromatic N) is 3. The molecule has 0 aliphatic rings. The van der Waals surface area contributed by atoms with Gasteiger partial charge in [0.1, 0.15) is 0 Å². The molecule has 8 heteroatoms. The third-order valence-electron chi connectivity index (χ3n) is 3.64. The van der Waals surface area contributed by atoms with Crippen LogP contribution in [0.15, 0.2) is 55.0 Å². The highest BCUT2D eigenvalue weighted by Gasteiger charge is 2.10. The van der Waals surface area contributed by atoms with Gasteiger partial charge in [0, 0.05) is 18.5 Å². The number of nitrogens with one attached hydrogen (secondary N) is 1. The van der Waals surface area contributed by atoms with Crippen molar-refractivity contribution in [3.63, 3.8) is 0 Å². The Kier molecular flexibility index (Phi) is 5.73. The summed E-state index contributed by atoms with van der Waals surface area (Å²) in [5.74, 6) is 1.30. The zero-order chi connectivity index (χ0) is 19.2. The molecular weight excluding hydrogens is 368 g/mol. The zero-order valence-electron chi connectivity index (χ0n) is 14.7. The predicted octanol–water partition coefficient (Wildman–Crippen LogP) is 3.59. The van der Waals surface area contributed by atoms with E-state index in [-0.39, 0.29) is 5.91 Å². The smallest absolute Gasteiger partial charge is 0.248 e. The molecule has 7 nitrogen and oxygen atoms in total. The summed E-state index contributed by atoms with van der Waals surface area (Å²) in [4.78, 5) is 16.4. The molecule has 0 aliphatic carbocycles. The third-order valence-corrected chi connectivity index (χ3v) is 3.92. The van der Waals surface area contributed by atoms with E-state index in [1.807, 2.05) is 6.07 Å². The van der Waals surface area contributed by atoms with Gasteiger partial charge in [-0.3, -0.25) is 4.79 Å². The highest BCUT2D eigenvalue weighted by molar-refractivity contribution is 6.32. The van der Waals surface area contributed by atoms with Crippen LogP contribution < -0.4 is 14.8 Å². The van der Waals surface area contributed by atoms with Gasteiger partial charge >= 0.3 is 0 Å². The van der Waals surface area contributed by atoms with Crippen molar-refractivity contribution >= 4 is 29.3 Å². The highest BCUT2D eigenvalue weighted by Crippen LogP contribution is 2.36. The van der Waals surface area contributed by atoms with Crippen molar-refractivity contribution in [2.75, 3.05) is 19.5 Å². The van der Waals surface area contributed by atoms with Gasteiger partial charge in [0.05, 0.1) is 31.1 Å². The number of pyridine rings is 1. The van der Waals surface area contributed by atoms with Crippen molar-refractivity contribution in [1.29, 1.82) is 0 Å². The van der Waals surface area contributed by atoms with Crippen molar-refractivity contribution in [3.8, 4) is 17.3 Å². The molecule has 1 amide bonds. The Hall–Kier alpha value is -3.32. The molecule has 1 aromatic carbocycles. The second-order valence-corrected chi connectivity index (χ2v) is 5.82. The van der Waals surface area contributed by atoms with Crippen LogP contribution in [0.3, 0.4) is 0 Å². The largest absolute Gasteiger partial charge is 0.493 e. The summed E-state index contributed by atoms with van der Waals surface area (Å²) < 4.78 is 12.1. The molecule has 0 atom stereocenters. The number of aromatic nitrogens is 3. The molecule has 0 aliphatic heterocycles. The summed E-state index contributed by atoms with van der Waals surface area (Å²) in [6, 6.07) is 8.74. The maximum atomic E-state index is 12.1. The van der Waals surface area contributed by atoms with E-state index in [2.05, 4.69) is 15.4 Å². The van der Waals surface area contributed by atoms with E-state index in [1.165, 1.54) is 20.3 Å². The van der Waals surface area contributed by atoms with Crippen LogP contribution in [0, 0.1) is 0 Å². The van der Waals surface area contributed by atoms with E-state index >= 15 is 0 Å². The van der Waals surface area contributed by atoms with Crippen molar-refractivity contribution in [1.82, 2.24) is 14.8 Å². The molecule has 0 unspecified atom stereocenters. The molecular formula is C19H17ClN4O3. The molecule has 0 radical (unpaired) electrons. The van der Waals surface area contributed by atoms with Crippen LogP contribution in [-0.2, 0) is 4.79 Å². The molecule has 0 spiro atoms. The molecule has 0 saturated heterocycles. The first-order valence-electron chi connectivity index (χ1n) is 7.97. The summed E-state index contributed by atoms with van der Waals surface area (Å²) in [5.41, 5.74) is 1.28. The number of hydrogen-bond donors (Lipinski definition) is 1. The molecule has 2 heterocycles. The SMILES string of the molecule is COc1cc(/C=C/C(=O)Nc2ccc(-n3cccn3)nc2)cc(Cl)c1OC. The maximum Gasteiger partial charge on any atom is 0.248 e. The topological polar surface area (TPSA) is 78.3 Å². The van der Waals surface area contributed by atoms with E-state index in [0.29, 0.717) is 33.6 Å². The molecule has 3 aromatic rings. The molecule has 3 rings (SSSR count). The van der Waals surface area contributed by atoms with Gasteiger partial charge < -0.3 is 14.8 Å². The lowest BCUT2D eigenvalue weighted by molar-refractivity contribution is -0.111. The van der Waals surface area contributed by atoms with Crippen molar-refractivity contribution in [2.24, 2.45) is 0 Å². The van der Waals surface area contributed by atoms with Crippen LogP contribution in [0.25, 0.3) is 11.9 Å². The van der Waals surface area contributed by atoms with E-state index in [0.717, 1.165) is 0 Å². The van der Waals surface area contributed by atoms with Crippen LogP contribution in [0.5, 0.6) is 11.5 Å². The van der Waals surface area contributed by atoms with Crippen LogP contribution in [0.4, 0.5) is 5.69 Å². The minimum absolute atomic E-state index is 0.297. The lowest BCUT2D eigenvalue weighted by Gasteiger charge is -2.10. The van der Waals surface area contributed by atoms with Gasteiger partial charge in [-0.1, -0.05) is 11.6 Å². The quantitative estimate of drug-likeness (QED) is 0.657. The van der Waals surface area contributed by atoms with Crippen LogP contribution in [-0.4, -0.2) is 34.9 Å². The van der Waals surface area contributed by atoms with Gasteiger partial charge in [-0.15, -0.1) is 0 Å². The predicted molar refractivity (Wildman–Crippen MR) is 104 cm³/mol. The Balaban J connectivity index is 1.68. The van der Waals surface area contributed by atoms with Crippen LogP contribution in [0.2, 0.25) is 5.02 Å². The number of carbonyl (C=O) groups excluding carboxylic acids is 1. The standard InChI is InChI=1S/C19H17ClN4O3/c1-26-16-11-13(10-15(20)19(16)27-2)4-7-18(25)23-14-5-6-17(21-12-14)24-9-3-8-22-24/h3-12H,1-2H3,(H,23,25)/b7-4+. The molecule has 0 bridgehead atoms. The fourth-order valence-electron chi connectivity index (χ4n) is 2.39. The van der Waals surface area contributed by atoms with Crippen molar-refractivity contribution < 1.29 is 14.3 Å². The summed E-state index contributed by atoms with van der Waals surface area (Å²) in [6.07, 6.45) is 8.06. The fraction of sp³-hybridized carbons (Fsp3) is 0.105. The van der Waals surface area contributed by atoms with Gasteiger partial charge in [-0.2, -0.15) is 5.10 Å². The Labute approximate surface area is 161 Å². The summed E-state index contributed by atoms with van der Waals surface area (Å²) in [5, 5.41) is 7.24. The monoisotopic (exact) mass is 384 g/mol. The van der Waals surface area contributed by atoms with E-state index < -0.39 is 0 Å². The Morgan fingerprint density at radius 1 is 1.26 bits per heavy atom. The van der Waals surface area contributed by atoms with E-state index in [9.17, 15) is 4.79 Å². The molecule has 0 saturated carbocycles. The second kappa shape index (κ2) is 8.37. The van der Waals surface area contributed by atoms with Gasteiger partial charge in [0.25, 0.3) is 0 Å². The first-order chi connectivity index (χ1) is 13.1. The number of amides is 1. The first kappa shape index (κ1) is 18.5. The fourth-order valence-corrected chi connectivity index (χ4v) is 2.69. The minimum atomic E-state index is -0.297. The Morgan fingerprint density at radius 2 is 2.11 bits per heavy atom. The minimum Gasteiger partial charge on any atom is -0.493 e. The lowest BCUT2D eigenvalue weighted by atomic mass is 10.2. The van der Waals surface area contributed by atoms with Gasteiger partial charge in [-0.25, -0.2) is 9.67 Å². The molecule has 138 valence electrons. The second-order valence-electron chi connectivity index (χ2n) is 5.42. The van der Waals surface area contributed by atoms with Crippen molar-refractivity contribution in [3.05, 3.63) is 65.6 Å². The van der Waals surface area contributed by atoms with Crippen LogP contribution >= 0.6 is 11.6 Å². The maximum absolute atomic E-state index is 12.1. The number of benzene rings is 1. The summed E-state index contributed by atoms with van der Waals surface area (Å²) >= 11 is 6.16. The normalized spacial score (nSPS) is 10.8. The summed E-state index contributed by atoms with van der Waals surface area (Å²) in [7, 11) is 3.03. The molecule has 27 heavy (non-hydrogen) atoms. The molecule has 0 fully saturated rings. The first-order valence-corrected chi connectivity index (χ1v) is 8.35. The Bertz CT molecular complexity index is 954. The molecule has 2 aromatic heterocycles. The lowest BCUT2D eigenvalue weighted by Crippen LogP contribution is -2.08. The van der Waals surface area contributed by atoms with Gasteiger partial charge in [0.2, 0.25) is 5.91 Å². The number of methoxy groups -OCH3 is 2. The number of hydrogen-bond acceptors (Lipinski definition) is 5. The highest BCUT2D eigenvalue weighted by atomic mass is 35.5. The van der Waals surface area contributed by atoms with Gasteiger partial charge in [0.15, 0.2) is 17.3 Å². The average molecular weight is 385 g/mol. The summed E-state index contributed by atoms with van der Waals surface area (Å²) in [6.45, 7) is 0. The number of ether oxygens (including phenoxy) is 2. The number of halogens is 1. The van der Waals surface area contributed by atoms with E-state index in [4.69, 9.17) is 21.1 Å².